The van der Waals surface area contributed by atoms with Crippen LogP contribution in [0.1, 0.15) is 22.5 Å². The molecule has 0 bridgehead atoms. The molecule has 4 aromatic rings. The van der Waals surface area contributed by atoms with Gasteiger partial charge in [-0.3, -0.25) is 5.10 Å². The molecule has 0 spiro atoms. The predicted octanol–water partition coefficient (Wildman–Crippen LogP) is 3.89. The number of hydrogen-bond acceptors (Lipinski definition) is 10. The van der Waals surface area contributed by atoms with E-state index in [2.05, 4.69) is 37.6 Å². The maximum absolute atomic E-state index is 10.0. The molecule has 36 heavy (non-hydrogen) atoms. The number of pyridine rings is 1. The number of nitriles is 2. The molecule has 0 amide bonds. The minimum atomic E-state index is -1.05. The van der Waals surface area contributed by atoms with Crippen LogP contribution in [0.25, 0.3) is 22.7 Å². The summed E-state index contributed by atoms with van der Waals surface area (Å²) in [6.45, 7) is 1.29. The zero-order valence-electron chi connectivity index (χ0n) is 19.0. The van der Waals surface area contributed by atoms with Crippen molar-refractivity contribution in [2.45, 2.75) is 23.8 Å². The second-order valence-corrected chi connectivity index (χ2v) is 9.09. The predicted molar refractivity (Wildman–Crippen MR) is 134 cm³/mol. The summed E-state index contributed by atoms with van der Waals surface area (Å²) in [5.41, 5.74) is 3.25. The van der Waals surface area contributed by atoms with Gasteiger partial charge in [0.05, 0.1) is 35.4 Å². The van der Waals surface area contributed by atoms with Crippen LogP contribution in [0, 0.1) is 29.6 Å². The lowest BCUT2D eigenvalue weighted by Gasteiger charge is -2.16. The van der Waals surface area contributed by atoms with Gasteiger partial charge in [0.1, 0.15) is 34.8 Å². The second kappa shape index (κ2) is 11.2. The molecule has 0 fully saturated rings. The molecule has 1 atom stereocenters. The number of halogens is 1. The van der Waals surface area contributed by atoms with E-state index in [1.807, 2.05) is 0 Å². The molecule has 1 aromatic carbocycles. The number of rotatable bonds is 9. The van der Waals surface area contributed by atoms with Gasteiger partial charge in [-0.1, -0.05) is 23.4 Å². The van der Waals surface area contributed by atoms with Gasteiger partial charge >= 0.3 is 0 Å². The van der Waals surface area contributed by atoms with E-state index in [0.29, 0.717) is 44.3 Å². The lowest BCUT2D eigenvalue weighted by Crippen LogP contribution is -2.24. The number of H-pyrrole nitrogens is 1. The first-order valence-corrected chi connectivity index (χ1v) is 12.1. The summed E-state index contributed by atoms with van der Waals surface area (Å²) in [5.74, 6) is 0.949. The van der Waals surface area contributed by atoms with Crippen LogP contribution in [0.4, 0.5) is 5.82 Å². The topological polar surface area (TPSA) is 168 Å². The van der Waals surface area contributed by atoms with E-state index in [4.69, 9.17) is 21.1 Å². The summed E-state index contributed by atoms with van der Waals surface area (Å²) >= 11 is 7.20. The Morgan fingerprint density at radius 3 is 2.58 bits per heavy atom. The van der Waals surface area contributed by atoms with Crippen molar-refractivity contribution in [3.05, 3.63) is 64.1 Å². The quantitative estimate of drug-likeness (QED) is 0.237. The third-order valence-corrected chi connectivity index (χ3v) is 6.34. The number of thioether (sulfide) groups is 1. The average Bonchev–Trinajstić information content (AvgIpc) is 3.54. The van der Waals surface area contributed by atoms with Crippen molar-refractivity contribution in [1.29, 1.82) is 10.5 Å². The number of aliphatic hydroxyl groups excluding tert-OH is 2. The van der Waals surface area contributed by atoms with Crippen LogP contribution >= 0.6 is 23.4 Å². The molecule has 182 valence electrons. The number of anilines is 1. The van der Waals surface area contributed by atoms with Gasteiger partial charge in [0.25, 0.3) is 0 Å². The largest absolute Gasteiger partial charge is 0.444 e. The molecule has 0 aliphatic carbocycles. The fraction of sp³-hybridized carbons (Fsp3) is 0.208. The van der Waals surface area contributed by atoms with Crippen molar-refractivity contribution >= 4 is 29.2 Å². The number of aromatic nitrogens is 4. The summed E-state index contributed by atoms with van der Waals surface area (Å²) in [4.78, 5) is 9.02. The van der Waals surface area contributed by atoms with Gasteiger partial charge in [0.15, 0.2) is 0 Å². The third kappa shape index (κ3) is 5.51. The van der Waals surface area contributed by atoms with Crippen LogP contribution in [0.15, 0.2) is 46.0 Å². The number of hydrogen-bond donors (Lipinski definition) is 4. The van der Waals surface area contributed by atoms with E-state index in [1.165, 1.54) is 18.0 Å². The zero-order chi connectivity index (χ0) is 25.7. The van der Waals surface area contributed by atoms with Crippen molar-refractivity contribution in [2.24, 2.45) is 0 Å². The normalized spacial score (nSPS) is 11.6. The molecular weight excluding hydrogens is 502 g/mol. The SMILES string of the molecule is Cc1cc(-c2c(C#N)c(NC[C@H](O)CO)nc(SCc3coc(-c4ccc(Cl)cc4)n3)c2C#N)[nH]n1. The highest BCUT2D eigenvalue weighted by Crippen LogP contribution is 2.37. The average molecular weight is 522 g/mol. The lowest BCUT2D eigenvalue weighted by molar-refractivity contribution is 0.105. The fourth-order valence-electron chi connectivity index (χ4n) is 3.35. The summed E-state index contributed by atoms with van der Waals surface area (Å²) in [5, 5.41) is 49.7. The van der Waals surface area contributed by atoms with Crippen LogP contribution in [-0.2, 0) is 5.75 Å². The number of aromatic amines is 1. The maximum atomic E-state index is 10.0. The van der Waals surface area contributed by atoms with Crippen molar-refractivity contribution in [1.82, 2.24) is 20.2 Å². The number of nitrogens with zero attached hydrogens (tertiary/aromatic N) is 5. The van der Waals surface area contributed by atoms with E-state index in [1.54, 1.807) is 37.3 Å². The Morgan fingerprint density at radius 1 is 1.19 bits per heavy atom. The number of oxazole rings is 1. The Hall–Kier alpha value is -3.87. The molecule has 3 heterocycles. The molecule has 4 rings (SSSR count). The Kier molecular flexibility index (Phi) is 7.88. The van der Waals surface area contributed by atoms with Crippen molar-refractivity contribution in [3.8, 4) is 34.8 Å². The van der Waals surface area contributed by atoms with Crippen LogP contribution in [0.2, 0.25) is 5.02 Å². The molecule has 0 unspecified atom stereocenters. The van der Waals surface area contributed by atoms with Gasteiger partial charge in [-0.25, -0.2) is 9.97 Å². The van der Waals surface area contributed by atoms with Crippen LogP contribution in [-0.4, -0.2) is 49.6 Å². The van der Waals surface area contributed by atoms with Gasteiger partial charge in [-0.2, -0.15) is 15.6 Å². The van der Waals surface area contributed by atoms with E-state index >= 15 is 0 Å². The summed E-state index contributed by atoms with van der Waals surface area (Å²) < 4.78 is 5.60. The van der Waals surface area contributed by atoms with Gasteiger partial charge in [-0.05, 0) is 37.3 Å². The van der Waals surface area contributed by atoms with Gasteiger partial charge in [0.2, 0.25) is 5.89 Å². The number of benzene rings is 1. The zero-order valence-corrected chi connectivity index (χ0v) is 20.6. The maximum Gasteiger partial charge on any atom is 0.226 e. The highest BCUT2D eigenvalue weighted by molar-refractivity contribution is 7.98. The Bertz CT molecular complexity index is 1450. The molecule has 0 saturated heterocycles. The van der Waals surface area contributed by atoms with Crippen molar-refractivity contribution < 1.29 is 14.6 Å². The van der Waals surface area contributed by atoms with E-state index in [0.717, 1.165) is 5.56 Å². The fourth-order valence-corrected chi connectivity index (χ4v) is 4.34. The Balaban J connectivity index is 1.69. The second-order valence-electron chi connectivity index (χ2n) is 7.69. The molecule has 0 aliphatic heterocycles. The number of nitrogens with one attached hydrogen (secondary N) is 2. The van der Waals surface area contributed by atoms with Crippen LogP contribution < -0.4 is 5.32 Å². The monoisotopic (exact) mass is 521 g/mol. The minimum Gasteiger partial charge on any atom is -0.444 e. The molecular formula is C24H20ClN7O3S. The van der Waals surface area contributed by atoms with E-state index in [-0.39, 0.29) is 23.5 Å². The van der Waals surface area contributed by atoms with Gasteiger partial charge in [-0.15, -0.1) is 0 Å². The first-order chi connectivity index (χ1) is 17.4. The number of aryl methyl sites for hydroxylation is 1. The molecule has 4 N–H and O–H groups in total. The number of aliphatic hydroxyl groups is 2. The molecule has 0 radical (unpaired) electrons. The lowest BCUT2D eigenvalue weighted by atomic mass is 10.0. The molecule has 3 aromatic heterocycles. The third-order valence-electron chi connectivity index (χ3n) is 5.08. The van der Waals surface area contributed by atoms with Crippen molar-refractivity contribution in [2.75, 3.05) is 18.5 Å². The highest BCUT2D eigenvalue weighted by Gasteiger charge is 2.23. The van der Waals surface area contributed by atoms with Crippen LogP contribution in [0.3, 0.4) is 0 Å². The molecule has 10 nitrogen and oxygen atoms in total. The van der Waals surface area contributed by atoms with Gasteiger partial charge < -0.3 is 19.9 Å². The first kappa shape index (κ1) is 25.2. The minimum absolute atomic E-state index is 0.0383. The van der Waals surface area contributed by atoms with Crippen LogP contribution in [0.5, 0.6) is 0 Å². The summed E-state index contributed by atoms with van der Waals surface area (Å²) in [7, 11) is 0. The molecule has 0 saturated carbocycles. The standard InChI is InChI=1S/C24H20ClN7O3S/c1-13-6-20(32-31-13)21-18(7-26)22(28-9-17(34)10-33)30-24(19(21)8-27)36-12-16-11-35-23(29-16)14-2-4-15(25)5-3-14/h2-6,11,17,33-34H,9-10,12H2,1H3,(H,28,30)(H,31,32)/t17-/m0/s1. The Morgan fingerprint density at radius 2 is 1.94 bits per heavy atom. The summed E-state index contributed by atoms with van der Waals surface area (Å²) in [6, 6.07) is 13.1. The van der Waals surface area contributed by atoms with E-state index in [9.17, 15) is 15.6 Å². The first-order valence-electron chi connectivity index (χ1n) is 10.7. The Labute approximate surface area is 215 Å². The van der Waals surface area contributed by atoms with Crippen molar-refractivity contribution in [3.63, 3.8) is 0 Å². The van der Waals surface area contributed by atoms with Gasteiger partial charge in [0, 0.05) is 28.4 Å². The molecule has 12 heteroatoms. The molecule has 0 aliphatic rings. The highest BCUT2D eigenvalue weighted by atomic mass is 35.5. The summed E-state index contributed by atoms with van der Waals surface area (Å²) in [6.07, 6.45) is 0.479. The smallest absolute Gasteiger partial charge is 0.226 e. The van der Waals surface area contributed by atoms with E-state index < -0.39 is 12.7 Å².